The van der Waals surface area contributed by atoms with Crippen molar-refractivity contribution in [3.63, 3.8) is 0 Å². The molecule has 104 valence electrons. The Hall–Kier alpha value is -1.34. The summed E-state index contributed by atoms with van der Waals surface area (Å²) in [5.74, 6) is -1.13. The van der Waals surface area contributed by atoms with Gasteiger partial charge in [0.1, 0.15) is 6.04 Å². The minimum atomic E-state index is -1.13. The molecule has 1 aliphatic heterocycles. The van der Waals surface area contributed by atoms with Crippen molar-refractivity contribution in [3.05, 3.63) is 0 Å². The summed E-state index contributed by atoms with van der Waals surface area (Å²) in [5, 5.41) is 27.7. The number of rotatable bonds is 3. The van der Waals surface area contributed by atoms with Gasteiger partial charge in [0.15, 0.2) is 0 Å². The van der Waals surface area contributed by atoms with Crippen LogP contribution in [0.25, 0.3) is 0 Å². The van der Waals surface area contributed by atoms with Gasteiger partial charge in [0.05, 0.1) is 18.2 Å². The van der Waals surface area contributed by atoms with Crippen LogP contribution in [0.3, 0.4) is 0 Å². The molecule has 7 nitrogen and oxygen atoms in total. The Labute approximate surface area is 106 Å². The van der Waals surface area contributed by atoms with Crippen molar-refractivity contribution in [3.8, 4) is 0 Å². The number of β-amino-alcohol motifs (C(OH)–C–C–N with tert-alkyl or cyclic N) is 1. The lowest BCUT2D eigenvalue weighted by Crippen LogP contribution is -2.55. The molecule has 1 fully saturated rings. The highest BCUT2D eigenvalue weighted by Crippen LogP contribution is 2.22. The molecule has 3 N–H and O–H groups in total. The molecule has 0 aromatic rings. The van der Waals surface area contributed by atoms with Crippen molar-refractivity contribution in [2.45, 2.75) is 38.0 Å². The topological polar surface area (TPSA) is 101 Å². The highest BCUT2D eigenvalue weighted by Gasteiger charge is 2.42. The molecule has 7 heteroatoms. The molecule has 0 radical (unpaired) electrons. The monoisotopic (exact) mass is 260 g/mol. The fourth-order valence-corrected chi connectivity index (χ4v) is 1.82. The van der Waals surface area contributed by atoms with Gasteiger partial charge in [0.25, 0.3) is 0 Å². The van der Waals surface area contributed by atoms with E-state index in [0.717, 1.165) is 4.90 Å². The number of nitrogens with zero attached hydrogens (tertiary/aromatic N) is 2. The van der Waals surface area contributed by atoms with Gasteiger partial charge >= 0.3 is 12.0 Å². The van der Waals surface area contributed by atoms with E-state index in [9.17, 15) is 19.8 Å². The van der Waals surface area contributed by atoms with Crippen LogP contribution in [0.15, 0.2) is 0 Å². The zero-order chi connectivity index (χ0) is 14.1. The standard InChI is InChI=1S/C11H20N2O5/c1-11(2,6-14)12(3)10(18)13-5-7(15)4-8(13)9(16)17/h7-8,14-15H,4-6H2,1-3H3,(H,16,17). The first-order valence-corrected chi connectivity index (χ1v) is 5.77. The van der Waals surface area contributed by atoms with Crippen LogP contribution in [-0.2, 0) is 4.79 Å². The minimum Gasteiger partial charge on any atom is -0.480 e. The van der Waals surface area contributed by atoms with Gasteiger partial charge in [-0.05, 0) is 13.8 Å². The Balaban J connectivity index is 2.86. The average Bonchev–Trinajstić information content (AvgIpc) is 2.69. The number of aliphatic hydroxyl groups excluding tert-OH is 2. The quantitative estimate of drug-likeness (QED) is 0.624. The Morgan fingerprint density at radius 2 is 2.00 bits per heavy atom. The van der Waals surface area contributed by atoms with E-state index in [4.69, 9.17) is 5.11 Å². The van der Waals surface area contributed by atoms with Crippen LogP contribution in [-0.4, -0.2) is 75.0 Å². The van der Waals surface area contributed by atoms with Gasteiger partial charge in [-0.25, -0.2) is 9.59 Å². The molecule has 0 aromatic carbocycles. The average molecular weight is 260 g/mol. The van der Waals surface area contributed by atoms with E-state index in [-0.39, 0.29) is 19.6 Å². The van der Waals surface area contributed by atoms with Gasteiger partial charge in [-0.2, -0.15) is 0 Å². The molecule has 0 bridgehead atoms. The summed E-state index contributed by atoms with van der Waals surface area (Å²) in [6, 6.07) is -1.51. The third-order valence-electron chi connectivity index (χ3n) is 3.39. The number of likely N-dealkylation sites (tertiary alicyclic amines) is 1. The summed E-state index contributed by atoms with van der Waals surface area (Å²) in [4.78, 5) is 25.6. The molecule has 2 atom stereocenters. The number of hydrogen-bond donors (Lipinski definition) is 3. The molecular formula is C11H20N2O5. The highest BCUT2D eigenvalue weighted by molar-refractivity contribution is 5.83. The first kappa shape index (κ1) is 14.7. The molecular weight excluding hydrogens is 240 g/mol. The summed E-state index contributed by atoms with van der Waals surface area (Å²) >= 11 is 0. The second-order valence-electron chi connectivity index (χ2n) is 5.21. The minimum absolute atomic E-state index is 0.00164. The van der Waals surface area contributed by atoms with Gasteiger partial charge in [0, 0.05) is 20.0 Å². The first-order chi connectivity index (χ1) is 8.20. The molecule has 1 rings (SSSR count). The van der Waals surface area contributed by atoms with Gasteiger partial charge in [0.2, 0.25) is 0 Å². The van der Waals surface area contributed by atoms with Crippen molar-refractivity contribution in [2.24, 2.45) is 0 Å². The molecule has 1 heterocycles. The molecule has 0 spiro atoms. The van der Waals surface area contributed by atoms with Crippen molar-refractivity contribution in [1.29, 1.82) is 0 Å². The van der Waals surface area contributed by atoms with E-state index in [1.807, 2.05) is 0 Å². The molecule has 0 aromatic heterocycles. The molecule has 18 heavy (non-hydrogen) atoms. The third kappa shape index (κ3) is 2.73. The SMILES string of the molecule is CN(C(=O)N1CC(O)CC1C(=O)O)C(C)(C)CO. The zero-order valence-corrected chi connectivity index (χ0v) is 10.8. The van der Waals surface area contributed by atoms with Gasteiger partial charge in [-0.3, -0.25) is 0 Å². The molecule has 2 unspecified atom stereocenters. The van der Waals surface area contributed by atoms with E-state index in [0.29, 0.717) is 0 Å². The number of hydrogen-bond acceptors (Lipinski definition) is 4. The van der Waals surface area contributed by atoms with E-state index in [1.54, 1.807) is 13.8 Å². The van der Waals surface area contributed by atoms with Crippen LogP contribution < -0.4 is 0 Å². The molecule has 2 amide bonds. The number of aliphatic hydroxyl groups is 2. The Morgan fingerprint density at radius 3 is 2.44 bits per heavy atom. The predicted octanol–water partition coefficient (Wildman–Crippen LogP) is -0.671. The fraction of sp³-hybridized carbons (Fsp3) is 0.818. The lowest BCUT2D eigenvalue weighted by Gasteiger charge is -2.37. The number of likely N-dealkylation sites (N-methyl/N-ethyl adjacent to an activating group) is 1. The van der Waals surface area contributed by atoms with Gasteiger partial charge in [-0.1, -0.05) is 0 Å². The maximum atomic E-state index is 12.2. The van der Waals surface area contributed by atoms with Crippen LogP contribution in [0.4, 0.5) is 4.79 Å². The Kier molecular flexibility index (Phi) is 4.18. The summed E-state index contributed by atoms with van der Waals surface area (Å²) < 4.78 is 0. The van der Waals surface area contributed by atoms with Crippen LogP contribution >= 0.6 is 0 Å². The van der Waals surface area contributed by atoms with Crippen LogP contribution in [0, 0.1) is 0 Å². The molecule has 1 aliphatic rings. The largest absolute Gasteiger partial charge is 0.480 e. The van der Waals surface area contributed by atoms with E-state index < -0.39 is 29.7 Å². The summed E-state index contributed by atoms with van der Waals surface area (Å²) in [6.45, 7) is 3.12. The lowest BCUT2D eigenvalue weighted by molar-refractivity contribution is -0.141. The second kappa shape index (κ2) is 5.11. The van der Waals surface area contributed by atoms with Crippen molar-refractivity contribution < 1.29 is 24.9 Å². The Bertz CT molecular complexity index is 344. The number of urea groups is 1. The maximum absolute atomic E-state index is 12.2. The highest BCUT2D eigenvalue weighted by atomic mass is 16.4. The smallest absolute Gasteiger partial charge is 0.326 e. The molecule has 0 saturated carbocycles. The maximum Gasteiger partial charge on any atom is 0.326 e. The first-order valence-electron chi connectivity index (χ1n) is 5.77. The summed E-state index contributed by atoms with van der Waals surface area (Å²) in [7, 11) is 1.50. The number of carboxylic acid groups (broad SMARTS) is 1. The van der Waals surface area contributed by atoms with E-state index in [1.165, 1.54) is 11.9 Å². The second-order valence-corrected chi connectivity index (χ2v) is 5.21. The summed E-state index contributed by atoms with van der Waals surface area (Å²) in [5.41, 5.74) is -0.784. The number of carbonyl (C=O) groups is 2. The number of carboxylic acids is 1. The number of aliphatic carboxylic acids is 1. The van der Waals surface area contributed by atoms with Crippen LogP contribution in [0.1, 0.15) is 20.3 Å². The van der Waals surface area contributed by atoms with Crippen molar-refractivity contribution in [2.75, 3.05) is 20.2 Å². The normalized spacial score (nSPS) is 24.2. The number of carbonyl (C=O) groups excluding carboxylic acids is 1. The third-order valence-corrected chi connectivity index (χ3v) is 3.39. The van der Waals surface area contributed by atoms with E-state index >= 15 is 0 Å². The lowest BCUT2D eigenvalue weighted by atomic mass is 10.1. The van der Waals surface area contributed by atoms with Crippen LogP contribution in [0.2, 0.25) is 0 Å². The van der Waals surface area contributed by atoms with Crippen molar-refractivity contribution >= 4 is 12.0 Å². The van der Waals surface area contributed by atoms with Gasteiger partial charge < -0.3 is 25.1 Å². The van der Waals surface area contributed by atoms with Gasteiger partial charge in [-0.15, -0.1) is 0 Å². The summed E-state index contributed by atoms with van der Waals surface area (Å²) in [6.07, 6.45) is -0.783. The zero-order valence-electron chi connectivity index (χ0n) is 10.8. The van der Waals surface area contributed by atoms with Crippen LogP contribution in [0.5, 0.6) is 0 Å². The number of amides is 2. The van der Waals surface area contributed by atoms with Crippen molar-refractivity contribution in [1.82, 2.24) is 9.80 Å². The molecule has 0 aliphatic carbocycles. The van der Waals surface area contributed by atoms with E-state index in [2.05, 4.69) is 0 Å². The molecule has 1 saturated heterocycles. The Morgan fingerprint density at radius 1 is 1.44 bits per heavy atom. The fourth-order valence-electron chi connectivity index (χ4n) is 1.82. The predicted molar refractivity (Wildman–Crippen MR) is 63.1 cm³/mol.